The van der Waals surface area contributed by atoms with Gasteiger partial charge in [0.25, 0.3) is 0 Å². The van der Waals surface area contributed by atoms with E-state index >= 15 is 0 Å². The number of hydrogen-bond donors (Lipinski definition) is 3. The Morgan fingerprint density at radius 3 is 2.10 bits per heavy atom. The van der Waals surface area contributed by atoms with E-state index in [9.17, 15) is 15.3 Å². The molecule has 20 heavy (non-hydrogen) atoms. The van der Waals surface area contributed by atoms with Crippen molar-refractivity contribution in [3.63, 3.8) is 0 Å². The number of hydrogen-bond acceptors (Lipinski definition) is 4. The van der Waals surface area contributed by atoms with Gasteiger partial charge >= 0.3 is 0 Å². The van der Waals surface area contributed by atoms with Crippen molar-refractivity contribution in [1.82, 2.24) is 0 Å². The number of aromatic hydroxyl groups is 3. The van der Waals surface area contributed by atoms with Crippen LogP contribution in [0.3, 0.4) is 0 Å². The van der Waals surface area contributed by atoms with Gasteiger partial charge in [0, 0.05) is 0 Å². The third kappa shape index (κ3) is 2.19. The average Bonchev–Trinajstić information content (AvgIpc) is 2.43. The molecule has 4 heteroatoms. The molecule has 3 N–H and O–H groups in total. The van der Waals surface area contributed by atoms with Crippen LogP contribution in [0.5, 0.6) is 28.7 Å². The molecule has 0 amide bonds. The lowest BCUT2D eigenvalue weighted by atomic mass is 10.1. The van der Waals surface area contributed by atoms with Crippen molar-refractivity contribution in [2.75, 3.05) is 0 Å². The molecule has 0 saturated carbocycles. The first kappa shape index (κ1) is 12.2. The summed E-state index contributed by atoms with van der Waals surface area (Å²) < 4.78 is 5.59. The molecule has 0 radical (unpaired) electrons. The van der Waals surface area contributed by atoms with Crippen LogP contribution < -0.4 is 4.74 Å². The van der Waals surface area contributed by atoms with Crippen LogP contribution in [0.1, 0.15) is 0 Å². The van der Waals surface area contributed by atoms with Gasteiger partial charge in [-0.05, 0) is 47.2 Å². The number of benzene rings is 3. The third-order valence-electron chi connectivity index (χ3n) is 3.00. The summed E-state index contributed by atoms with van der Waals surface area (Å²) >= 11 is 0. The van der Waals surface area contributed by atoms with Crippen LogP contribution in [0, 0.1) is 0 Å². The Morgan fingerprint density at radius 2 is 1.35 bits per heavy atom. The van der Waals surface area contributed by atoms with Crippen LogP contribution in [0.25, 0.3) is 10.8 Å². The molecule has 0 aromatic heterocycles. The van der Waals surface area contributed by atoms with Crippen molar-refractivity contribution in [3.05, 3.63) is 54.6 Å². The smallest absolute Gasteiger partial charge is 0.169 e. The Bertz CT molecular complexity index is 781. The minimum absolute atomic E-state index is 0.0566. The van der Waals surface area contributed by atoms with E-state index in [-0.39, 0.29) is 17.2 Å². The van der Waals surface area contributed by atoms with Gasteiger partial charge in [-0.2, -0.15) is 0 Å². The SMILES string of the molecule is Oc1cc2ccc(Oc3ccccc3O)cc2cc1O. The number of phenols is 3. The first-order valence-electron chi connectivity index (χ1n) is 6.05. The van der Waals surface area contributed by atoms with Crippen molar-refractivity contribution in [2.24, 2.45) is 0 Å². The molecule has 0 unspecified atom stereocenters. The molecule has 0 fully saturated rings. The Hall–Kier alpha value is -2.88. The zero-order valence-electron chi connectivity index (χ0n) is 10.4. The zero-order chi connectivity index (χ0) is 14.1. The number of ether oxygens (including phenoxy) is 1. The first-order valence-corrected chi connectivity index (χ1v) is 6.05. The molecule has 3 rings (SSSR count). The van der Waals surface area contributed by atoms with Gasteiger partial charge in [0.05, 0.1) is 0 Å². The number of rotatable bonds is 2. The second-order valence-electron chi connectivity index (χ2n) is 4.42. The highest BCUT2D eigenvalue weighted by atomic mass is 16.5. The predicted octanol–water partition coefficient (Wildman–Crippen LogP) is 3.75. The molecular formula is C16H12O4. The molecule has 0 aliphatic carbocycles. The Kier molecular flexibility index (Phi) is 2.84. The number of para-hydroxylation sites is 2. The highest BCUT2D eigenvalue weighted by molar-refractivity contribution is 5.87. The van der Waals surface area contributed by atoms with Crippen LogP contribution in [-0.4, -0.2) is 15.3 Å². The van der Waals surface area contributed by atoms with Crippen LogP contribution in [0.15, 0.2) is 54.6 Å². The summed E-state index contributed by atoms with van der Waals surface area (Å²) in [6.07, 6.45) is 0. The quantitative estimate of drug-likeness (QED) is 0.619. The van der Waals surface area contributed by atoms with Crippen LogP contribution in [0.2, 0.25) is 0 Å². The van der Waals surface area contributed by atoms with Gasteiger partial charge in [-0.15, -0.1) is 0 Å². The summed E-state index contributed by atoms with van der Waals surface area (Å²) in [5.74, 6) is 0.601. The zero-order valence-corrected chi connectivity index (χ0v) is 10.4. The van der Waals surface area contributed by atoms with E-state index in [2.05, 4.69) is 0 Å². The molecule has 3 aromatic rings. The van der Waals surface area contributed by atoms with Gasteiger partial charge in [-0.3, -0.25) is 0 Å². The van der Waals surface area contributed by atoms with Crippen molar-refractivity contribution in [2.45, 2.75) is 0 Å². The second kappa shape index (κ2) is 4.66. The highest BCUT2D eigenvalue weighted by Crippen LogP contribution is 2.34. The van der Waals surface area contributed by atoms with Crippen LogP contribution >= 0.6 is 0 Å². The molecule has 3 aromatic carbocycles. The van der Waals surface area contributed by atoms with Crippen molar-refractivity contribution < 1.29 is 20.1 Å². The summed E-state index contributed by atoms with van der Waals surface area (Å²) in [4.78, 5) is 0. The average molecular weight is 268 g/mol. The molecule has 0 spiro atoms. The largest absolute Gasteiger partial charge is 0.504 e. The van der Waals surface area contributed by atoms with Crippen LogP contribution in [0.4, 0.5) is 0 Å². The van der Waals surface area contributed by atoms with Gasteiger partial charge in [0.1, 0.15) is 5.75 Å². The van der Waals surface area contributed by atoms with E-state index in [1.54, 1.807) is 42.5 Å². The van der Waals surface area contributed by atoms with E-state index in [1.165, 1.54) is 12.1 Å². The van der Waals surface area contributed by atoms with Gasteiger partial charge in [0.15, 0.2) is 23.0 Å². The Morgan fingerprint density at radius 1 is 0.650 bits per heavy atom. The molecule has 0 heterocycles. The van der Waals surface area contributed by atoms with E-state index in [1.807, 2.05) is 0 Å². The third-order valence-corrected chi connectivity index (χ3v) is 3.00. The van der Waals surface area contributed by atoms with Crippen molar-refractivity contribution in [3.8, 4) is 28.7 Å². The normalized spacial score (nSPS) is 10.6. The molecule has 0 bridgehead atoms. The van der Waals surface area contributed by atoms with E-state index in [4.69, 9.17) is 4.74 Å². The summed E-state index contributed by atoms with van der Waals surface area (Å²) in [5, 5.41) is 30.1. The number of phenolic OH excluding ortho intramolecular Hbond substituents is 3. The van der Waals surface area contributed by atoms with Crippen LogP contribution in [-0.2, 0) is 0 Å². The monoisotopic (exact) mass is 268 g/mol. The van der Waals surface area contributed by atoms with E-state index < -0.39 is 0 Å². The fraction of sp³-hybridized carbons (Fsp3) is 0. The van der Waals surface area contributed by atoms with Crippen molar-refractivity contribution in [1.29, 1.82) is 0 Å². The lowest BCUT2D eigenvalue weighted by molar-refractivity contribution is 0.404. The maximum absolute atomic E-state index is 9.67. The Balaban J connectivity index is 2.01. The van der Waals surface area contributed by atoms with E-state index in [0.717, 1.165) is 10.8 Å². The van der Waals surface area contributed by atoms with Crippen molar-refractivity contribution >= 4 is 10.8 Å². The summed E-state index contributed by atoms with van der Waals surface area (Å²) in [7, 11) is 0. The minimum Gasteiger partial charge on any atom is -0.504 e. The fourth-order valence-corrected chi connectivity index (χ4v) is 1.99. The highest BCUT2D eigenvalue weighted by Gasteiger charge is 2.06. The Labute approximate surface area is 115 Å². The molecule has 100 valence electrons. The first-order chi connectivity index (χ1) is 9.63. The minimum atomic E-state index is -0.183. The molecule has 0 aliphatic rings. The van der Waals surface area contributed by atoms with Gasteiger partial charge < -0.3 is 20.1 Å². The van der Waals surface area contributed by atoms with Gasteiger partial charge in [0.2, 0.25) is 0 Å². The fourth-order valence-electron chi connectivity index (χ4n) is 1.99. The maximum atomic E-state index is 9.67. The maximum Gasteiger partial charge on any atom is 0.169 e. The molecular weight excluding hydrogens is 256 g/mol. The predicted molar refractivity (Wildman–Crippen MR) is 75.5 cm³/mol. The number of fused-ring (bicyclic) bond motifs is 1. The topological polar surface area (TPSA) is 69.9 Å². The molecule has 0 aliphatic heterocycles. The molecule has 0 atom stereocenters. The second-order valence-corrected chi connectivity index (χ2v) is 4.42. The van der Waals surface area contributed by atoms with E-state index in [0.29, 0.717) is 11.5 Å². The molecule has 4 nitrogen and oxygen atoms in total. The summed E-state index contributed by atoms with van der Waals surface area (Å²) in [6.45, 7) is 0. The molecule has 0 saturated heterocycles. The summed E-state index contributed by atoms with van der Waals surface area (Å²) in [6, 6.07) is 14.8. The summed E-state index contributed by atoms with van der Waals surface area (Å²) in [5.41, 5.74) is 0. The standard InChI is InChI=1S/C16H12O4/c17-13-3-1-2-4-16(13)20-12-6-5-10-8-14(18)15(19)9-11(10)7-12/h1-9,17-19H. The van der Waals surface area contributed by atoms with Gasteiger partial charge in [-0.1, -0.05) is 18.2 Å². The lowest BCUT2D eigenvalue weighted by Crippen LogP contribution is -1.85. The van der Waals surface area contributed by atoms with Gasteiger partial charge in [-0.25, -0.2) is 0 Å². The lowest BCUT2D eigenvalue weighted by Gasteiger charge is -2.09.